The molecule has 3 aliphatic rings. The second-order valence-corrected chi connectivity index (χ2v) is 7.47. The van der Waals surface area contributed by atoms with Crippen LogP contribution in [0.1, 0.15) is 45.4 Å². The third kappa shape index (κ3) is 4.09. The number of carbonyl (C=O) groups excluding carboxylic acids is 2. The lowest BCUT2D eigenvalue weighted by atomic mass is 10.0. The molecule has 24 heavy (non-hydrogen) atoms. The lowest BCUT2D eigenvalue weighted by Gasteiger charge is -2.42. The van der Waals surface area contributed by atoms with Crippen LogP contribution < -0.4 is 5.32 Å². The molecule has 3 aliphatic heterocycles. The van der Waals surface area contributed by atoms with Crippen molar-refractivity contribution in [2.45, 2.75) is 57.5 Å². The van der Waals surface area contributed by atoms with Gasteiger partial charge in [0, 0.05) is 32.2 Å². The number of amides is 2. The Kier molecular flexibility index (Phi) is 6.11. The number of piperazine rings is 1. The molecule has 3 heterocycles. The van der Waals surface area contributed by atoms with E-state index in [4.69, 9.17) is 0 Å². The van der Waals surface area contributed by atoms with Crippen molar-refractivity contribution >= 4 is 11.8 Å². The van der Waals surface area contributed by atoms with Crippen LogP contribution in [0.25, 0.3) is 0 Å². The Hall–Kier alpha value is -1.14. The van der Waals surface area contributed by atoms with Gasteiger partial charge in [0.1, 0.15) is 0 Å². The molecule has 0 aromatic heterocycles. The van der Waals surface area contributed by atoms with Gasteiger partial charge in [-0.1, -0.05) is 12.8 Å². The molecule has 136 valence electrons. The Balaban J connectivity index is 1.58. The molecule has 2 atom stereocenters. The molecule has 0 aromatic rings. The van der Waals surface area contributed by atoms with E-state index in [-0.39, 0.29) is 23.9 Å². The summed E-state index contributed by atoms with van der Waals surface area (Å²) in [5.74, 6) is 0.435. The first-order valence-electron chi connectivity index (χ1n) is 9.70. The van der Waals surface area contributed by atoms with Crippen molar-refractivity contribution in [3.63, 3.8) is 0 Å². The minimum absolute atomic E-state index is 0.0272. The molecule has 6 heteroatoms. The second kappa shape index (κ2) is 8.30. The lowest BCUT2D eigenvalue weighted by molar-refractivity contribution is -0.143. The summed E-state index contributed by atoms with van der Waals surface area (Å²) < 4.78 is 0. The van der Waals surface area contributed by atoms with Crippen molar-refractivity contribution in [1.82, 2.24) is 20.0 Å². The molecule has 0 spiro atoms. The van der Waals surface area contributed by atoms with E-state index >= 15 is 0 Å². The summed E-state index contributed by atoms with van der Waals surface area (Å²) in [4.78, 5) is 31.5. The Labute approximate surface area is 145 Å². The van der Waals surface area contributed by atoms with Crippen LogP contribution in [0.5, 0.6) is 0 Å². The van der Waals surface area contributed by atoms with Crippen LogP contribution in [0, 0.1) is 0 Å². The van der Waals surface area contributed by atoms with Crippen LogP contribution in [0.4, 0.5) is 0 Å². The van der Waals surface area contributed by atoms with Gasteiger partial charge in [-0.2, -0.15) is 0 Å². The van der Waals surface area contributed by atoms with E-state index in [9.17, 15) is 9.59 Å². The first-order chi connectivity index (χ1) is 11.7. The highest BCUT2D eigenvalue weighted by atomic mass is 16.2. The molecular weight excluding hydrogens is 304 g/mol. The molecule has 0 aliphatic carbocycles. The highest BCUT2D eigenvalue weighted by Crippen LogP contribution is 2.20. The SMILES string of the molecule is CC(C(=O)N1CCCC(N2CCNCC2=O)C1)N1CCCCCC1. The topological polar surface area (TPSA) is 55.9 Å². The number of nitrogens with zero attached hydrogens (tertiary/aromatic N) is 3. The first kappa shape index (κ1) is 17.7. The Morgan fingerprint density at radius 2 is 1.83 bits per heavy atom. The fraction of sp³-hybridized carbons (Fsp3) is 0.889. The van der Waals surface area contributed by atoms with Gasteiger partial charge < -0.3 is 15.1 Å². The van der Waals surface area contributed by atoms with Crippen molar-refractivity contribution in [3.8, 4) is 0 Å². The monoisotopic (exact) mass is 336 g/mol. The van der Waals surface area contributed by atoms with Gasteiger partial charge in [-0.05, 0) is 45.7 Å². The zero-order chi connectivity index (χ0) is 16.9. The van der Waals surface area contributed by atoms with E-state index < -0.39 is 0 Å². The average molecular weight is 336 g/mol. The summed E-state index contributed by atoms with van der Waals surface area (Å²) in [7, 11) is 0. The number of rotatable bonds is 3. The minimum Gasteiger partial charge on any atom is -0.339 e. The number of likely N-dealkylation sites (tertiary alicyclic amines) is 2. The van der Waals surface area contributed by atoms with Crippen molar-refractivity contribution in [2.24, 2.45) is 0 Å². The number of hydrogen-bond acceptors (Lipinski definition) is 4. The number of piperidine rings is 1. The summed E-state index contributed by atoms with van der Waals surface area (Å²) >= 11 is 0. The molecule has 2 amide bonds. The molecule has 1 N–H and O–H groups in total. The van der Waals surface area contributed by atoms with Gasteiger partial charge in [0.25, 0.3) is 0 Å². The van der Waals surface area contributed by atoms with Gasteiger partial charge in [-0.3, -0.25) is 14.5 Å². The van der Waals surface area contributed by atoms with Gasteiger partial charge in [-0.15, -0.1) is 0 Å². The van der Waals surface area contributed by atoms with Gasteiger partial charge in [0.2, 0.25) is 11.8 Å². The fourth-order valence-electron chi connectivity index (χ4n) is 4.32. The molecule has 0 aromatic carbocycles. The predicted molar refractivity (Wildman–Crippen MR) is 93.7 cm³/mol. The van der Waals surface area contributed by atoms with Crippen LogP contribution in [0.3, 0.4) is 0 Å². The molecular formula is C18H32N4O2. The largest absolute Gasteiger partial charge is 0.339 e. The van der Waals surface area contributed by atoms with Crippen LogP contribution in [-0.2, 0) is 9.59 Å². The smallest absolute Gasteiger partial charge is 0.239 e. The lowest BCUT2D eigenvalue weighted by Crippen LogP contribution is -2.59. The summed E-state index contributed by atoms with van der Waals surface area (Å²) in [6, 6.07) is 0.175. The van der Waals surface area contributed by atoms with Gasteiger partial charge >= 0.3 is 0 Å². The Morgan fingerprint density at radius 3 is 2.54 bits per heavy atom. The third-order valence-corrected chi connectivity index (χ3v) is 5.82. The van der Waals surface area contributed by atoms with E-state index in [1.54, 1.807) is 0 Å². The molecule has 2 unspecified atom stereocenters. The summed E-state index contributed by atoms with van der Waals surface area (Å²) in [5.41, 5.74) is 0. The average Bonchev–Trinajstić information content (AvgIpc) is 2.90. The van der Waals surface area contributed by atoms with E-state index in [0.717, 1.165) is 45.6 Å². The van der Waals surface area contributed by atoms with Gasteiger partial charge in [0.15, 0.2) is 0 Å². The maximum atomic E-state index is 13.0. The Bertz CT molecular complexity index is 448. The van der Waals surface area contributed by atoms with Crippen LogP contribution >= 0.6 is 0 Å². The number of hydrogen-bond donors (Lipinski definition) is 1. The zero-order valence-corrected chi connectivity index (χ0v) is 15.0. The highest BCUT2D eigenvalue weighted by Gasteiger charge is 2.34. The summed E-state index contributed by atoms with van der Waals surface area (Å²) in [5, 5.41) is 3.13. The van der Waals surface area contributed by atoms with Crippen molar-refractivity contribution in [2.75, 3.05) is 45.8 Å². The van der Waals surface area contributed by atoms with Crippen LogP contribution in [0.2, 0.25) is 0 Å². The highest BCUT2D eigenvalue weighted by molar-refractivity contribution is 5.82. The molecule has 3 fully saturated rings. The first-order valence-corrected chi connectivity index (χ1v) is 9.70. The quantitative estimate of drug-likeness (QED) is 0.823. The maximum absolute atomic E-state index is 13.0. The van der Waals surface area contributed by atoms with E-state index in [2.05, 4.69) is 17.1 Å². The normalized spacial score (nSPS) is 28.5. The number of carbonyl (C=O) groups is 2. The summed E-state index contributed by atoms with van der Waals surface area (Å²) in [6.45, 7) is 7.77. The molecule has 0 radical (unpaired) electrons. The van der Waals surface area contributed by atoms with E-state index in [1.165, 1.54) is 25.7 Å². The van der Waals surface area contributed by atoms with Crippen molar-refractivity contribution in [1.29, 1.82) is 0 Å². The fourth-order valence-corrected chi connectivity index (χ4v) is 4.32. The van der Waals surface area contributed by atoms with Crippen LogP contribution in [0.15, 0.2) is 0 Å². The molecule has 0 saturated carbocycles. The van der Waals surface area contributed by atoms with Crippen LogP contribution in [-0.4, -0.2) is 84.4 Å². The van der Waals surface area contributed by atoms with Gasteiger partial charge in [0.05, 0.1) is 12.6 Å². The molecule has 0 bridgehead atoms. The van der Waals surface area contributed by atoms with E-state index in [0.29, 0.717) is 13.1 Å². The minimum atomic E-state index is -0.0272. The standard InChI is InChI=1S/C18H32N4O2/c1-15(20-9-4-2-3-5-10-20)18(24)21-11-6-7-16(14-21)22-12-8-19-13-17(22)23/h15-16,19H,2-14H2,1H3. The van der Waals surface area contributed by atoms with Gasteiger partial charge in [-0.25, -0.2) is 0 Å². The predicted octanol–water partition coefficient (Wildman–Crippen LogP) is 0.674. The molecule has 3 rings (SSSR count). The Morgan fingerprint density at radius 1 is 1.08 bits per heavy atom. The maximum Gasteiger partial charge on any atom is 0.239 e. The zero-order valence-electron chi connectivity index (χ0n) is 15.0. The third-order valence-electron chi connectivity index (χ3n) is 5.82. The van der Waals surface area contributed by atoms with E-state index in [1.807, 2.05) is 9.80 Å². The molecule has 3 saturated heterocycles. The second-order valence-electron chi connectivity index (χ2n) is 7.47. The van der Waals surface area contributed by atoms with Crippen molar-refractivity contribution < 1.29 is 9.59 Å². The number of nitrogens with one attached hydrogen (secondary N) is 1. The molecule has 6 nitrogen and oxygen atoms in total. The summed E-state index contributed by atoms with van der Waals surface area (Å²) in [6.07, 6.45) is 7.00. The van der Waals surface area contributed by atoms with Crippen molar-refractivity contribution in [3.05, 3.63) is 0 Å².